The van der Waals surface area contributed by atoms with Gasteiger partial charge in [0.15, 0.2) is 5.69 Å². The van der Waals surface area contributed by atoms with Crippen LogP contribution < -0.4 is 0 Å². The molecule has 0 aliphatic heterocycles. The second-order valence-corrected chi connectivity index (χ2v) is 5.92. The van der Waals surface area contributed by atoms with Crippen LogP contribution in [0.3, 0.4) is 0 Å². The molecule has 102 valence electrons. The van der Waals surface area contributed by atoms with E-state index in [9.17, 15) is 4.79 Å². The molecule has 2 aromatic rings. The van der Waals surface area contributed by atoms with E-state index in [1.165, 1.54) is 15.8 Å². The monoisotopic (exact) mass is 300 g/mol. The Kier molecular flexibility index (Phi) is 4.52. The van der Waals surface area contributed by atoms with Crippen LogP contribution in [0.5, 0.6) is 0 Å². The molecule has 0 bridgehead atoms. The van der Waals surface area contributed by atoms with E-state index >= 15 is 0 Å². The third-order valence-electron chi connectivity index (χ3n) is 2.52. The number of thiophene rings is 1. The molecule has 19 heavy (non-hydrogen) atoms. The van der Waals surface area contributed by atoms with E-state index in [-0.39, 0.29) is 5.69 Å². The van der Waals surface area contributed by atoms with Crippen molar-refractivity contribution in [3.8, 4) is 0 Å². The highest BCUT2D eigenvalue weighted by Gasteiger charge is 2.09. The van der Waals surface area contributed by atoms with Gasteiger partial charge < -0.3 is 5.11 Å². The number of aromatic carboxylic acids is 1. The average molecular weight is 301 g/mol. The lowest BCUT2D eigenvalue weighted by molar-refractivity contribution is 0.0690. The number of nitrogens with zero attached hydrogens (tertiary/aromatic N) is 4. The van der Waals surface area contributed by atoms with E-state index in [0.29, 0.717) is 6.54 Å². The maximum atomic E-state index is 10.7. The molecule has 0 aliphatic rings. The topological polar surface area (TPSA) is 71.2 Å². The zero-order valence-corrected chi connectivity index (χ0v) is 11.9. The molecule has 0 fully saturated rings. The Hall–Kier alpha value is -1.44. The van der Waals surface area contributed by atoms with Crippen molar-refractivity contribution in [1.29, 1.82) is 0 Å². The lowest BCUT2D eigenvalue weighted by atomic mass is 10.4. The van der Waals surface area contributed by atoms with Gasteiger partial charge in [0, 0.05) is 18.0 Å². The third kappa shape index (κ3) is 4.02. The maximum Gasteiger partial charge on any atom is 0.358 e. The van der Waals surface area contributed by atoms with Crippen LogP contribution in [0, 0.1) is 0 Å². The van der Waals surface area contributed by atoms with Crippen molar-refractivity contribution in [2.24, 2.45) is 0 Å². The van der Waals surface area contributed by atoms with Crippen molar-refractivity contribution in [2.45, 2.75) is 13.1 Å². The van der Waals surface area contributed by atoms with Crippen molar-refractivity contribution in [2.75, 3.05) is 13.6 Å². The van der Waals surface area contributed by atoms with Crippen molar-refractivity contribution < 1.29 is 9.90 Å². The second kappa shape index (κ2) is 6.14. The Bertz CT molecular complexity index is 569. The fourth-order valence-electron chi connectivity index (χ4n) is 1.56. The largest absolute Gasteiger partial charge is 0.476 e. The minimum absolute atomic E-state index is 0.0345. The van der Waals surface area contributed by atoms with E-state index in [4.69, 9.17) is 16.7 Å². The number of halogens is 1. The van der Waals surface area contributed by atoms with Crippen molar-refractivity contribution in [3.63, 3.8) is 0 Å². The van der Waals surface area contributed by atoms with Gasteiger partial charge in [-0.3, -0.25) is 9.58 Å². The predicted molar refractivity (Wildman–Crippen MR) is 72.6 cm³/mol. The van der Waals surface area contributed by atoms with Gasteiger partial charge in [-0.15, -0.1) is 16.4 Å². The number of carbonyl (C=O) groups is 1. The van der Waals surface area contributed by atoms with E-state index < -0.39 is 5.97 Å². The summed E-state index contributed by atoms with van der Waals surface area (Å²) >= 11 is 7.43. The van der Waals surface area contributed by atoms with Crippen molar-refractivity contribution >= 4 is 28.9 Å². The summed E-state index contributed by atoms with van der Waals surface area (Å²) in [5.74, 6) is -1.06. The number of aromatic nitrogens is 3. The van der Waals surface area contributed by atoms with Crippen LogP contribution in [-0.2, 0) is 13.1 Å². The van der Waals surface area contributed by atoms with E-state index in [0.717, 1.165) is 17.4 Å². The molecular formula is C11H13ClN4O2S. The minimum Gasteiger partial charge on any atom is -0.476 e. The van der Waals surface area contributed by atoms with Crippen LogP contribution in [0.25, 0.3) is 0 Å². The molecule has 0 saturated heterocycles. The van der Waals surface area contributed by atoms with E-state index in [1.807, 2.05) is 19.2 Å². The van der Waals surface area contributed by atoms with Crippen LogP contribution in [0.15, 0.2) is 18.3 Å². The summed E-state index contributed by atoms with van der Waals surface area (Å²) in [4.78, 5) is 14.0. The van der Waals surface area contributed by atoms with Gasteiger partial charge in [-0.05, 0) is 19.2 Å². The summed E-state index contributed by atoms with van der Waals surface area (Å²) in [6.07, 6.45) is 1.43. The Morgan fingerprint density at radius 2 is 2.37 bits per heavy atom. The van der Waals surface area contributed by atoms with Gasteiger partial charge in [0.2, 0.25) is 0 Å². The summed E-state index contributed by atoms with van der Waals surface area (Å²) in [5, 5.41) is 16.1. The van der Waals surface area contributed by atoms with Gasteiger partial charge in [0.25, 0.3) is 0 Å². The number of carboxylic acid groups (broad SMARTS) is 1. The number of likely N-dealkylation sites (N-methyl/N-ethyl adjacent to an activating group) is 1. The maximum absolute atomic E-state index is 10.7. The molecule has 2 rings (SSSR count). The first-order valence-electron chi connectivity index (χ1n) is 5.61. The first-order chi connectivity index (χ1) is 9.04. The van der Waals surface area contributed by atoms with Gasteiger partial charge in [-0.1, -0.05) is 16.8 Å². The molecule has 2 aromatic heterocycles. The molecule has 8 heteroatoms. The molecule has 0 amide bonds. The predicted octanol–water partition coefficient (Wildman–Crippen LogP) is 1.82. The Labute approximate surface area is 119 Å². The lowest BCUT2D eigenvalue weighted by Gasteiger charge is -2.14. The molecule has 0 saturated carbocycles. The number of carboxylic acids is 1. The van der Waals surface area contributed by atoms with Crippen molar-refractivity contribution in [3.05, 3.63) is 33.2 Å². The SMILES string of the molecule is CN(CCn1cc(C(=O)O)nn1)Cc1ccc(Cl)s1. The zero-order chi connectivity index (χ0) is 13.8. The van der Waals surface area contributed by atoms with Crippen LogP contribution >= 0.6 is 22.9 Å². The van der Waals surface area contributed by atoms with Crippen LogP contribution in [0.2, 0.25) is 4.34 Å². The number of rotatable bonds is 6. The van der Waals surface area contributed by atoms with Gasteiger partial charge in [-0.2, -0.15) is 0 Å². The molecule has 0 aromatic carbocycles. The van der Waals surface area contributed by atoms with Crippen LogP contribution in [0.4, 0.5) is 0 Å². The molecule has 0 radical (unpaired) electrons. The first-order valence-corrected chi connectivity index (χ1v) is 6.80. The minimum atomic E-state index is -1.06. The number of hydrogen-bond acceptors (Lipinski definition) is 5. The molecule has 0 atom stereocenters. The van der Waals surface area contributed by atoms with Gasteiger partial charge in [-0.25, -0.2) is 4.79 Å². The molecule has 0 aliphatic carbocycles. The summed E-state index contributed by atoms with van der Waals surface area (Å²) in [7, 11) is 1.99. The summed E-state index contributed by atoms with van der Waals surface area (Å²) in [6, 6.07) is 3.88. The Balaban J connectivity index is 1.82. The smallest absolute Gasteiger partial charge is 0.358 e. The molecule has 6 nitrogen and oxygen atoms in total. The number of hydrogen-bond donors (Lipinski definition) is 1. The van der Waals surface area contributed by atoms with Gasteiger partial charge >= 0.3 is 5.97 Å². The average Bonchev–Trinajstić information content (AvgIpc) is 2.96. The molecular weight excluding hydrogens is 288 g/mol. The standard InChI is InChI=1S/C11H13ClN4O2S/c1-15(6-8-2-3-10(12)19-8)4-5-16-7-9(11(17)18)13-14-16/h2-3,7H,4-6H2,1H3,(H,17,18). The molecule has 0 spiro atoms. The second-order valence-electron chi connectivity index (χ2n) is 4.12. The van der Waals surface area contributed by atoms with Crippen molar-refractivity contribution in [1.82, 2.24) is 19.9 Å². The zero-order valence-electron chi connectivity index (χ0n) is 10.3. The highest BCUT2D eigenvalue weighted by atomic mass is 35.5. The summed E-state index contributed by atoms with van der Waals surface area (Å²) < 4.78 is 2.31. The summed E-state index contributed by atoms with van der Waals surface area (Å²) in [5.41, 5.74) is -0.0345. The highest BCUT2D eigenvalue weighted by molar-refractivity contribution is 7.16. The van der Waals surface area contributed by atoms with Gasteiger partial charge in [0.05, 0.1) is 17.1 Å². The lowest BCUT2D eigenvalue weighted by Crippen LogP contribution is -2.22. The van der Waals surface area contributed by atoms with Gasteiger partial charge in [0.1, 0.15) is 0 Å². The van der Waals surface area contributed by atoms with E-state index in [2.05, 4.69) is 15.2 Å². The molecule has 2 heterocycles. The normalized spacial score (nSPS) is 11.1. The van der Waals surface area contributed by atoms with Crippen LogP contribution in [0.1, 0.15) is 15.4 Å². The fraction of sp³-hybridized carbons (Fsp3) is 0.364. The highest BCUT2D eigenvalue weighted by Crippen LogP contribution is 2.22. The molecule has 0 unspecified atom stereocenters. The van der Waals surface area contributed by atoms with Crippen LogP contribution in [-0.4, -0.2) is 44.6 Å². The fourth-order valence-corrected chi connectivity index (χ4v) is 2.73. The Morgan fingerprint density at radius 1 is 1.58 bits per heavy atom. The van der Waals surface area contributed by atoms with E-state index in [1.54, 1.807) is 11.3 Å². The molecule has 1 N–H and O–H groups in total. The summed E-state index contributed by atoms with van der Waals surface area (Å²) in [6.45, 7) is 2.14. The Morgan fingerprint density at radius 3 is 2.95 bits per heavy atom. The quantitative estimate of drug-likeness (QED) is 0.881. The third-order valence-corrected chi connectivity index (χ3v) is 3.74. The first kappa shape index (κ1) is 14.0.